The zero-order valence-corrected chi connectivity index (χ0v) is 11.9. The molecule has 2 aromatic rings. The van der Waals surface area contributed by atoms with Crippen molar-refractivity contribution in [1.29, 1.82) is 0 Å². The topological polar surface area (TPSA) is 29.1 Å². The standard InChI is InChI=1S/C16H18ClNO/c1-11(2)15(10-17)18-16(19)14-9-5-7-12-6-3-4-8-13(12)14/h3-9,11,15H,10H2,1-2H3,(H,18,19). The third-order valence-corrected chi connectivity index (χ3v) is 3.65. The van der Waals surface area contributed by atoms with E-state index in [9.17, 15) is 4.79 Å². The summed E-state index contributed by atoms with van der Waals surface area (Å²) in [7, 11) is 0. The van der Waals surface area contributed by atoms with Crippen LogP contribution in [0.2, 0.25) is 0 Å². The second kappa shape index (κ2) is 6.07. The molecule has 0 heterocycles. The fourth-order valence-corrected chi connectivity index (χ4v) is 2.49. The van der Waals surface area contributed by atoms with Gasteiger partial charge in [0, 0.05) is 17.5 Å². The lowest BCUT2D eigenvalue weighted by atomic mass is 10.0. The maximum Gasteiger partial charge on any atom is 0.252 e. The van der Waals surface area contributed by atoms with Crippen molar-refractivity contribution in [2.24, 2.45) is 5.92 Å². The van der Waals surface area contributed by atoms with Gasteiger partial charge in [-0.1, -0.05) is 50.2 Å². The van der Waals surface area contributed by atoms with Crippen molar-refractivity contribution in [3.63, 3.8) is 0 Å². The van der Waals surface area contributed by atoms with Crippen LogP contribution in [-0.2, 0) is 0 Å². The van der Waals surface area contributed by atoms with E-state index in [-0.39, 0.29) is 11.9 Å². The SMILES string of the molecule is CC(C)C(CCl)NC(=O)c1cccc2ccccc12. The minimum Gasteiger partial charge on any atom is -0.348 e. The highest BCUT2D eigenvalue weighted by Crippen LogP contribution is 2.18. The first kappa shape index (κ1) is 13.9. The number of hydrogen-bond acceptors (Lipinski definition) is 1. The number of carbonyl (C=O) groups is 1. The van der Waals surface area contributed by atoms with Crippen LogP contribution in [0.3, 0.4) is 0 Å². The molecule has 1 amide bonds. The highest BCUT2D eigenvalue weighted by molar-refractivity contribution is 6.18. The molecule has 0 radical (unpaired) electrons. The van der Waals surface area contributed by atoms with Crippen LogP contribution in [0.25, 0.3) is 10.8 Å². The van der Waals surface area contributed by atoms with E-state index in [4.69, 9.17) is 11.6 Å². The molecule has 1 unspecified atom stereocenters. The predicted octanol–water partition coefficient (Wildman–Crippen LogP) is 3.83. The van der Waals surface area contributed by atoms with E-state index >= 15 is 0 Å². The molecule has 2 aromatic carbocycles. The van der Waals surface area contributed by atoms with Gasteiger partial charge in [-0.3, -0.25) is 4.79 Å². The van der Waals surface area contributed by atoms with Gasteiger partial charge in [0.2, 0.25) is 0 Å². The number of nitrogens with one attached hydrogen (secondary N) is 1. The first-order chi connectivity index (χ1) is 9.13. The first-order valence-electron chi connectivity index (χ1n) is 6.48. The Balaban J connectivity index is 2.31. The van der Waals surface area contributed by atoms with Crippen LogP contribution in [0, 0.1) is 5.92 Å². The number of amides is 1. The molecular weight excluding hydrogens is 258 g/mol. The number of carbonyl (C=O) groups excluding carboxylic acids is 1. The Morgan fingerprint density at radius 3 is 2.53 bits per heavy atom. The predicted molar refractivity (Wildman–Crippen MR) is 80.8 cm³/mol. The molecule has 1 atom stereocenters. The second-order valence-electron chi connectivity index (χ2n) is 5.00. The smallest absolute Gasteiger partial charge is 0.252 e. The largest absolute Gasteiger partial charge is 0.348 e. The van der Waals surface area contributed by atoms with Gasteiger partial charge in [0.25, 0.3) is 5.91 Å². The summed E-state index contributed by atoms with van der Waals surface area (Å²) in [4.78, 5) is 12.4. The van der Waals surface area contributed by atoms with Gasteiger partial charge in [0.05, 0.1) is 0 Å². The molecule has 0 aliphatic rings. The van der Waals surface area contributed by atoms with Crippen LogP contribution in [0.4, 0.5) is 0 Å². The average Bonchev–Trinajstić information content (AvgIpc) is 2.43. The van der Waals surface area contributed by atoms with Crippen LogP contribution >= 0.6 is 11.6 Å². The van der Waals surface area contributed by atoms with Crippen LogP contribution in [0.15, 0.2) is 42.5 Å². The molecule has 0 aromatic heterocycles. The third-order valence-electron chi connectivity index (χ3n) is 3.32. The zero-order chi connectivity index (χ0) is 13.8. The van der Waals surface area contributed by atoms with Crippen molar-refractivity contribution in [3.8, 4) is 0 Å². The van der Waals surface area contributed by atoms with Crippen LogP contribution < -0.4 is 5.32 Å². The summed E-state index contributed by atoms with van der Waals surface area (Å²) in [6.07, 6.45) is 0. The lowest BCUT2D eigenvalue weighted by Gasteiger charge is -2.20. The second-order valence-corrected chi connectivity index (χ2v) is 5.31. The molecule has 0 saturated heterocycles. The van der Waals surface area contributed by atoms with E-state index in [0.717, 1.165) is 10.8 Å². The highest BCUT2D eigenvalue weighted by atomic mass is 35.5. The van der Waals surface area contributed by atoms with E-state index in [1.54, 1.807) is 0 Å². The molecule has 100 valence electrons. The van der Waals surface area contributed by atoms with Crippen molar-refractivity contribution in [1.82, 2.24) is 5.32 Å². The molecule has 0 spiro atoms. The quantitative estimate of drug-likeness (QED) is 0.844. The molecule has 2 rings (SSSR count). The lowest BCUT2D eigenvalue weighted by molar-refractivity contribution is 0.0933. The molecule has 0 fully saturated rings. The van der Waals surface area contributed by atoms with Crippen molar-refractivity contribution >= 4 is 28.3 Å². The molecule has 2 nitrogen and oxygen atoms in total. The van der Waals surface area contributed by atoms with Gasteiger partial charge in [-0.2, -0.15) is 0 Å². The first-order valence-corrected chi connectivity index (χ1v) is 7.01. The minimum absolute atomic E-state index is 0.00636. The summed E-state index contributed by atoms with van der Waals surface area (Å²) < 4.78 is 0. The number of fused-ring (bicyclic) bond motifs is 1. The Morgan fingerprint density at radius 2 is 1.84 bits per heavy atom. The van der Waals surface area contributed by atoms with E-state index in [1.165, 1.54) is 0 Å². The number of alkyl halides is 1. The van der Waals surface area contributed by atoms with Gasteiger partial charge in [-0.05, 0) is 22.8 Å². The Hall–Kier alpha value is -1.54. The highest BCUT2D eigenvalue weighted by Gasteiger charge is 2.17. The fraction of sp³-hybridized carbons (Fsp3) is 0.312. The molecule has 0 aliphatic carbocycles. The average molecular weight is 276 g/mol. The number of halogens is 1. The summed E-state index contributed by atoms with van der Waals surface area (Å²) in [6, 6.07) is 13.6. The molecule has 0 bridgehead atoms. The fourth-order valence-electron chi connectivity index (χ4n) is 2.05. The summed E-state index contributed by atoms with van der Waals surface area (Å²) >= 11 is 5.90. The molecular formula is C16H18ClNO. The molecule has 1 N–H and O–H groups in total. The normalized spacial score (nSPS) is 12.6. The minimum atomic E-state index is -0.0591. The zero-order valence-electron chi connectivity index (χ0n) is 11.2. The van der Waals surface area contributed by atoms with Gasteiger partial charge in [-0.25, -0.2) is 0 Å². The van der Waals surface area contributed by atoms with Crippen molar-refractivity contribution in [3.05, 3.63) is 48.0 Å². The van der Waals surface area contributed by atoms with Crippen molar-refractivity contribution < 1.29 is 4.79 Å². The van der Waals surface area contributed by atoms with Gasteiger partial charge in [0.1, 0.15) is 0 Å². The lowest BCUT2D eigenvalue weighted by Crippen LogP contribution is -2.39. The van der Waals surface area contributed by atoms with Gasteiger partial charge >= 0.3 is 0 Å². The van der Waals surface area contributed by atoms with Gasteiger partial charge < -0.3 is 5.32 Å². The Bertz CT molecular complexity index is 574. The van der Waals surface area contributed by atoms with Gasteiger partial charge in [0.15, 0.2) is 0 Å². The number of rotatable bonds is 4. The van der Waals surface area contributed by atoms with Crippen LogP contribution in [0.5, 0.6) is 0 Å². The Morgan fingerprint density at radius 1 is 1.16 bits per heavy atom. The third kappa shape index (κ3) is 3.07. The molecule has 19 heavy (non-hydrogen) atoms. The maximum absolute atomic E-state index is 12.4. The summed E-state index contributed by atoms with van der Waals surface area (Å²) in [5.74, 6) is 0.682. The van der Waals surface area contributed by atoms with Gasteiger partial charge in [-0.15, -0.1) is 11.6 Å². The van der Waals surface area contributed by atoms with E-state index in [1.807, 2.05) is 42.5 Å². The summed E-state index contributed by atoms with van der Waals surface area (Å²) in [5, 5.41) is 5.05. The van der Waals surface area contributed by atoms with E-state index in [0.29, 0.717) is 17.4 Å². The summed E-state index contributed by atoms with van der Waals surface area (Å²) in [5.41, 5.74) is 0.703. The van der Waals surface area contributed by atoms with E-state index < -0.39 is 0 Å². The molecule has 0 saturated carbocycles. The number of benzene rings is 2. The maximum atomic E-state index is 12.4. The Kier molecular flexibility index (Phi) is 4.43. The van der Waals surface area contributed by atoms with Crippen molar-refractivity contribution in [2.45, 2.75) is 19.9 Å². The molecule has 3 heteroatoms. The van der Waals surface area contributed by atoms with Crippen LogP contribution in [-0.4, -0.2) is 17.8 Å². The molecule has 0 aliphatic heterocycles. The van der Waals surface area contributed by atoms with E-state index in [2.05, 4.69) is 19.2 Å². The monoisotopic (exact) mass is 275 g/mol. The van der Waals surface area contributed by atoms with Crippen molar-refractivity contribution in [2.75, 3.05) is 5.88 Å². The van der Waals surface area contributed by atoms with Crippen LogP contribution in [0.1, 0.15) is 24.2 Å². The Labute approximate surface area is 118 Å². The summed E-state index contributed by atoms with van der Waals surface area (Å²) in [6.45, 7) is 4.10. The number of hydrogen-bond donors (Lipinski definition) is 1.